The molecule has 112 valence electrons. The third-order valence-electron chi connectivity index (χ3n) is 4.99. The highest BCUT2D eigenvalue weighted by molar-refractivity contribution is 6.31. The van der Waals surface area contributed by atoms with Crippen LogP contribution in [0.2, 0.25) is 5.02 Å². The van der Waals surface area contributed by atoms with Crippen LogP contribution in [0.5, 0.6) is 0 Å². The monoisotopic (exact) mass is 297 g/mol. The number of hydrogen-bond donors (Lipinski definition) is 1. The highest BCUT2D eigenvalue weighted by atomic mass is 35.5. The average Bonchev–Trinajstić information content (AvgIpc) is 2.92. The number of aliphatic hydroxyl groups is 1. The molecule has 0 aliphatic carbocycles. The first kappa shape index (κ1) is 14.4. The van der Waals surface area contributed by atoms with E-state index in [0.717, 1.165) is 48.9 Å². The van der Waals surface area contributed by atoms with Gasteiger partial charge < -0.3 is 5.11 Å². The number of nitrogens with zero attached hydrogens (tertiary/aromatic N) is 3. The minimum absolute atomic E-state index is 0.299. The van der Waals surface area contributed by atoms with E-state index >= 15 is 0 Å². The standard InChI is InChI=1S/C15H24ClN3O/c1-3-19-12(14(16)11(2)17-19)10-15(20)7-9-18-8-5-4-6-13(15)18/h13,20H,3-10H2,1-2H3. The maximum atomic E-state index is 11.2. The van der Waals surface area contributed by atoms with Gasteiger partial charge in [0.15, 0.2) is 0 Å². The van der Waals surface area contributed by atoms with Crippen molar-refractivity contribution >= 4 is 11.6 Å². The van der Waals surface area contributed by atoms with Gasteiger partial charge in [0.05, 0.1) is 22.0 Å². The fraction of sp³-hybridized carbons (Fsp3) is 0.800. The molecule has 0 spiro atoms. The summed E-state index contributed by atoms with van der Waals surface area (Å²) >= 11 is 6.40. The summed E-state index contributed by atoms with van der Waals surface area (Å²) in [5.41, 5.74) is 1.23. The maximum absolute atomic E-state index is 11.2. The lowest BCUT2D eigenvalue weighted by Crippen LogP contribution is -2.48. The Kier molecular flexibility index (Phi) is 3.82. The van der Waals surface area contributed by atoms with Crippen molar-refractivity contribution in [3.05, 3.63) is 16.4 Å². The molecule has 3 heterocycles. The summed E-state index contributed by atoms with van der Waals surface area (Å²) in [4.78, 5) is 2.46. The van der Waals surface area contributed by atoms with Crippen LogP contribution < -0.4 is 0 Å². The first-order chi connectivity index (χ1) is 9.55. The van der Waals surface area contributed by atoms with E-state index in [4.69, 9.17) is 11.6 Å². The topological polar surface area (TPSA) is 41.3 Å². The third-order valence-corrected chi connectivity index (χ3v) is 5.48. The molecule has 2 atom stereocenters. The number of hydrogen-bond acceptors (Lipinski definition) is 3. The Hall–Kier alpha value is -0.580. The molecule has 4 nitrogen and oxygen atoms in total. The van der Waals surface area contributed by atoms with Crippen LogP contribution in [0.4, 0.5) is 0 Å². The van der Waals surface area contributed by atoms with Crippen LogP contribution in [0.15, 0.2) is 0 Å². The molecule has 20 heavy (non-hydrogen) atoms. The number of piperidine rings is 1. The van der Waals surface area contributed by atoms with Crippen LogP contribution in [-0.2, 0) is 13.0 Å². The van der Waals surface area contributed by atoms with Crippen LogP contribution in [0.3, 0.4) is 0 Å². The molecule has 2 unspecified atom stereocenters. The average molecular weight is 298 g/mol. The molecule has 3 rings (SSSR count). The van der Waals surface area contributed by atoms with Gasteiger partial charge in [0, 0.05) is 25.6 Å². The molecule has 2 fully saturated rings. The van der Waals surface area contributed by atoms with Crippen molar-refractivity contribution in [3.63, 3.8) is 0 Å². The summed E-state index contributed by atoms with van der Waals surface area (Å²) in [6, 6.07) is 0.299. The Balaban J connectivity index is 1.87. The summed E-state index contributed by atoms with van der Waals surface area (Å²) in [5.74, 6) is 0. The molecule has 0 saturated carbocycles. The van der Waals surface area contributed by atoms with Crippen LogP contribution in [0.25, 0.3) is 0 Å². The lowest BCUT2D eigenvalue weighted by molar-refractivity contribution is -0.0103. The third kappa shape index (κ3) is 2.28. The molecule has 0 bridgehead atoms. The van der Waals surface area contributed by atoms with Gasteiger partial charge in [-0.1, -0.05) is 18.0 Å². The molecule has 5 heteroatoms. The number of halogens is 1. The number of rotatable bonds is 3. The van der Waals surface area contributed by atoms with Gasteiger partial charge in [0.1, 0.15) is 0 Å². The summed E-state index contributed by atoms with van der Waals surface area (Å²) in [6.45, 7) is 6.94. The molecular weight excluding hydrogens is 274 g/mol. The van der Waals surface area contributed by atoms with E-state index in [9.17, 15) is 5.11 Å². The van der Waals surface area contributed by atoms with Crippen LogP contribution >= 0.6 is 11.6 Å². The lowest BCUT2D eigenvalue weighted by atomic mass is 9.85. The zero-order valence-electron chi connectivity index (χ0n) is 12.4. The molecule has 1 aromatic heterocycles. The molecule has 1 aromatic rings. The molecule has 2 aliphatic rings. The van der Waals surface area contributed by atoms with Gasteiger partial charge in [0.2, 0.25) is 0 Å². The quantitative estimate of drug-likeness (QED) is 0.931. The normalized spacial score (nSPS) is 30.7. The van der Waals surface area contributed by atoms with Gasteiger partial charge in [-0.05, 0) is 39.7 Å². The van der Waals surface area contributed by atoms with Crippen LogP contribution in [0.1, 0.15) is 44.0 Å². The van der Waals surface area contributed by atoms with Crippen LogP contribution in [-0.4, -0.2) is 44.5 Å². The van der Waals surface area contributed by atoms with Crippen molar-refractivity contribution in [2.75, 3.05) is 13.1 Å². The van der Waals surface area contributed by atoms with Crippen molar-refractivity contribution in [2.45, 2.75) is 64.1 Å². The smallest absolute Gasteiger partial charge is 0.0869 e. The maximum Gasteiger partial charge on any atom is 0.0869 e. The van der Waals surface area contributed by atoms with Crippen molar-refractivity contribution in [1.29, 1.82) is 0 Å². The van der Waals surface area contributed by atoms with Gasteiger partial charge in [-0.2, -0.15) is 5.10 Å². The minimum Gasteiger partial charge on any atom is -0.388 e. The van der Waals surface area contributed by atoms with Gasteiger partial charge in [-0.15, -0.1) is 0 Å². The molecule has 2 aliphatic heterocycles. The number of aryl methyl sites for hydroxylation is 2. The first-order valence-electron chi connectivity index (χ1n) is 7.73. The zero-order valence-corrected chi connectivity index (χ0v) is 13.2. The van der Waals surface area contributed by atoms with E-state index in [0.29, 0.717) is 12.5 Å². The second-order valence-electron chi connectivity index (χ2n) is 6.24. The number of aromatic nitrogens is 2. The predicted molar refractivity (Wildman–Crippen MR) is 80.1 cm³/mol. The highest BCUT2D eigenvalue weighted by Crippen LogP contribution is 2.38. The van der Waals surface area contributed by atoms with E-state index in [1.807, 2.05) is 11.6 Å². The largest absolute Gasteiger partial charge is 0.388 e. The summed E-state index contributed by atoms with van der Waals surface area (Å²) in [6.07, 6.45) is 5.07. The fourth-order valence-corrected chi connectivity index (χ4v) is 4.11. The van der Waals surface area contributed by atoms with Gasteiger partial charge >= 0.3 is 0 Å². The SMILES string of the molecule is CCn1nc(C)c(Cl)c1CC1(O)CCN2CCCCC21. The Labute approximate surface area is 125 Å². The summed E-state index contributed by atoms with van der Waals surface area (Å²) < 4.78 is 1.95. The Morgan fingerprint density at radius 3 is 2.95 bits per heavy atom. The van der Waals surface area contributed by atoms with Gasteiger partial charge in [0.25, 0.3) is 0 Å². The van der Waals surface area contributed by atoms with E-state index in [-0.39, 0.29) is 0 Å². The van der Waals surface area contributed by atoms with Crippen molar-refractivity contribution in [3.8, 4) is 0 Å². The molecule has 1 N–H and O–H groups in total. The summed E-state index contributed by atoms with van der Waals surface area (Å²) in [5, 5.41) is 16.3. The van der Waals surface area contributed by atoms with E-state index in [1.165, 1.54) is 12.8 Å². The lowest BCUT2D eigenvalue weighted by Gasteiger charge is -2.37. The minimum atomic E-state index is -0.635. The van der Waals surface area contributed by atoms with E-state index < -0.39 is 5.60 Å². The predicted octanol–water partition coefficient (Wildman–Crippen LogP) is 2.40. The first-order valence-corrected chi connectivity index (χ1v) is 8.11. The van der Waals surface area contributed by atoms with E-state index in [1.54, 1.807) is 0 Å². The highest BCUT2D eigenvalue weighted by Gasteiger charge is 2.47. The van der Waals surface area contributed by atoms with Crippen molar-refractivity contribution in [2.24, 2.45) is 0 Å². The number of fused-ring (bicyclic) bond motifs is 1. The van der Waals surface area contributed by atoms with Crippen molar-refractivity contribution < 1.29 is 5.11 Å². The van der Waals surface area contributed by atoms with Crippen molar-refractivity contribution in [1.82, 2.24) is 14.7 Å². The van der Waals surface area contributed by atoms with Gasteiger partial charge in [-0.25, -0.2) is 0 Å². The molecule has 0 amide bonds. The Bertz CT molecular complexity index is 502. The second-order valence-corrected chi connectivity index (χ2v) is 6.62. The van der Waals surface area contributed by atoms with E-state index in [2.05, 4.69) is 16.9 Å². The molecular formula is C15H24ClN3O. The fourth-order valence-electron chi connectivity index (χ4n) is 3.91. The Morgan fingerprint density at radius 2 is 2.20 bits per heavy atom. The summed E-state index contributed by atoms with van der Waals surface area (Å²) in [7, 11) is 0. The van der Waals surface area contributed by atoms with Crippen LogP contribution in [0, 0.1) is 6.92 Å². The zero-order chi connectivity index (χ0) is 14.3. The molecule has 2 saturated heterocycles. The molecule has 0 aromatic carbocycles. The van der Waals surface area contributed by atoms with Gasteiger partial charge in [-0.3, -0.25) is 9.58 Å². The molecule has 0 radical (unpaired) electrons. The Morgan fingerprint density at radius 1 is 1.40 bits per heavy atom. The second kappa shape index (κ2) is 5.32.